The van der Waals surface area contributed by atoms with E-state index in [1.165, 1.54) is 0 Å². The summed E-state index contributed by atoms with van der Waals surface area (Å²) in [5.74, 6) is -0.932. The van der Waals surface area contributed by atoms with Crippen LogP contribution in [0.4, 0.5) is 0 Å². The molecule has 0 bridgehead atoms. The van der Waals surface area contributed by atoms with E-state index in [2.05, 4.69) is 4.98 Å². The summed E-state index contributed by atoms with van der Waals surface area (Å²) in [6.45, 7) is 5.09. The second-order valence-corrected chi connectivity index (χ2v) is 6.65. The average Bonchev–Trinajstić information content (AvgIpc) is 2.53. The third-order valence-corrected chi connectivity index (χ3v) is 4.65. The Morgan fingerprint density at radius 1 is 1.33 bits per heavy atom. The van der Waals surface area contributed by atoms with Crippen LogP contribution in [0.15, 0.2) is 12.1 Å². The van der Waals surface area contributed by atoms with E-state index in [1.807, 2.05) is 13.8 Å². The highest BCUT2D eigenvalue weighted by Crippen LogP contribution is 2.35. The highest BCUT2D eigenvalue weighted by molar-refractivity contribution is 5.95. The van der Waals surface area contributed by atoms with Crippen LogP contribution in [0.5, 0.6) is 0 Å². The maximum absolute atomic E-state index is 12.8. The van der Waals surface area contributed by atoms with Crippen molar-refractivity contribution in [3.63, 3.8) is 0 Å². The smallest absolute Gasteiger partial charge is 0.311 e. The van der Waals surface area contributed by atoms with Gasteiger partial charge in [-0.25, -0.2) is 0 Å². The molecule has 1 fully saturated rings. The molecule has 0 aromatic carbocycles. The molecule has 1 aliphatic rings. The number of rotatable bonds is 6. The number of aliphatic carboxylic acids is 1. The monoisotopic (exact) mass is 334 g/mol. The Morgan fingerprint density at radius 3 is 2.58 bits per heavy atom. The van der Waals surface area contributed by atoms with Crippen molar-refractivity contribution >= 4 is 11.9 Å². The minimum atomic E-state index is -0.871. The van der Waals surface area contributed by atoms with Crippen molar-refractivity contribution in [1.29, 1.82) is 0 Å². The average molecular weight is 334 g/mol. The molecular weight excluding hydrogens is 308 g/mol. The largest absolute Gasteiger partial charge is 0.481 e. The predicted octanol–water partition coefficient (Wildman–Crippen LogP) is 2.43. The first-order valence-electron chi connectivity index (χ1n) is 8.35. The zero-order valence-corrected chi connectivity index (χ0v) is 14.7. The maximum atomic E-state index is 12.8. The van der Waals surface area contributed by atoms with Crippen molar-refractivity contribution < 1.29 is 19.4 Å². The van der Waals surface area contributed by atoms with Crippen LogP contribution in [0.2, 0.25) is 0 Å². The van der Waals surface area contributed by atoms with Gasteiger partial charge in [0.1, 0.15) is 0 Å². The third-order valence-electron chi connectivity index (χ3n) is 4.65. The molecule has 1 aromatic heterocycles. The molecular formula is C18H26N2O4. The molecule has 132 valence electrons. The number of carboxylic acid groups (broad SMARTS) is 1. The molecule has 1 aromatic rings. The summed E-state index contributed by atoms with van der Waals surface area (Å²) in [6, 6.07) is 3.52. The first-order valence-corrected chi connectivity index (χ1v) is 8.35. The van der Waals surface area contributed by atoms with Crippen LogP contribution >= 0.6 is 0 Å². The van der Waals surface area contributed by atoms with Crippen LogP contribution in [0.1, 0.15) is 47.4 Å². The summed E-state index contributed by atoms with van der Waals surface area (Å²) in [5, 5.41) is 9.76. The van der Waals surface area contributed by atoms with Crippen molar-refractivity contribution in [3.8, 4) is 0 Å². The Balaban J connectivity index is 2.18. The molecule has 0 unspecified atom stereocenters. The summed E-state index contributed by atoms with van der Waals surface area (Å²) >= 11 is 0. The topological polar surface area (TPSA) is 79.7 Å². The summed E-state index contributed by atoms with van der Waals surface area (Å²) in [4.78, 5) is 30.7. The zero-order valence-electron chi connectivity index (χ0n) is 14.7. The number of carbonyl (C=O) groups is 2. The van der Waals surface area contributed by atoms with E-state index in [0.717, 1.165) is 11.4 Å². The van der Waals surface area contributed by atoms with E-state index in [0.29, 0.717) is 44.4 Å². The molecule has 2 rings (SSSR count). The van der Waals surface area contributed by atoms with E-state index in [4.69, 9.17) is 4.74 Å². The van der Waals surface area contributed by atoms with Crippen LogP contribution in [-0.4, -0.2) is 53.7 Å². The molecule has 1 N–H and O–H groups in total. The number of aromatic nitrogens is 1. The van der Waals surface area contributed by atoms with Gasteiger partial charge in [-0.2, -0.15) is 0 Å². The molecule has 0 saturated carbocycles. The maximum Gasteiger partial charge on any atom is 0.311 e. The van der Waals surface area contributed by atoms with E-state index in [-0.39, 0.29) is 12.5 Å². The summed E-state index contributed by atoms with van der Waals surface area (Å²) < 4.78 is 5.05. The van der Waals surface area contributed by atoms with Gasteiger partial charge in [-0.1, -0.05) is 0 Å². The number of carboxylic acids is 1. The van der Waals surface area contributed by atoms with Crippen molar-refractivity contribution in [3.05, 3.63) is 29.1 Å². The number of amides is 1. The Morgan fingerprint density at radius 2 is 2.00 bits per heavy atom. The van der Waals surface area contributed by atoms with Crippen molar-refractivity contribution in [2.75, 3.05) is 26.8 Å². The first-order chi connectivity index (χ1) is 11.4. The number of aryl methyl sites for hydroxylation is 2. The molecule has 24 heavy (non-hydrogen) atoms. The molecule has 0 spiro atoms. The number of carbonyl (C=O) groups excluding carboxylic acids is 1. The molecule has 1 saturated heterocycles. The predicted molar refractivity (Wildman–Crippen MR) is 90.0 cm³/mol. The summed E-state index contributed by atoms with van der Waals surface area (Å²) in [5.41, 5.74) is 1.29. The van der Waals surface area contributed by atoms with Gasteiger partial charge in [-0.3, -0.25) is 14.6 Å². The first kappa shape index (κ1) is 18.4. The minimum absolute atomic E-state index is 0.110. The Labute approximate surface area is 142 Å². The van der Waals surface area contributed by atoms with E-state index < -0.39 is 11.4 Å². The number of nitrogens with zero attached hydrogens (tertiary/aromatic N) is 2. The van der Waals surface area contributed by atoms with Crippen LogP contribution in [0.25, 0.3) is 0 Å². The number of piperidine rings is 1. The lowest BCUT2D eigenvalue weighted by atomic mass is 9.76. The van der Waals surface area contributed by atoms with Crippen molar-refractivity contribution in [2.45, 2.75) is 39.5 Å². The molecule has 1 amide bonds. The van der Waals surface area contributed by atoms with Crippen molar-refractivity contribution in [1.82, 2.24) is 9.88 Å². The quantitative estimate of drug-likeness (QED) is 0.808. The Hall–Kier alpha value is -1.95. The SMILES string of the molecule is COCCC[C@]1(C(=O)O)CCCN(C(=O)c2cc(C)nc(C)c2)C1. The Kier molecular flexibility index (Phi) is 5.94. The zero-order chi connectivity index (χ0) is 17.7. The van der Waals surface area contributed by atoms with Crippen LogP contribution in [-0.2, 0) is 9.53 Å². The number of ether oxygens (including phenoxy) is 1. The molecule has 2 heterocycles. The van der Waals surface area contributed by atoms with E-state index in [1.54, 1.807) is 24.1 Å². The second-order valence-electron chi connectivity index (χ2n) is 6.65. The fraction of sp³-hybridized carbons (Fsp3) is 0.611. The third kappa shape index (κ3) is 4.12. The van der Waals surface area contributed by atoms with E-state index >= 15 is 0 Å². The van der Waals surface area contributed by atoms with Gasteiger partial charge in [0.05, 0.1) is 5.41 Å². The molecule has 0 radical (unpaired) electrons. The lowest BCUT2D eigenvalue weighted by Gasteiger charge is -2.40. The lowest BCUT2D eigenvalue weighted by molar-refractivity contribution is -0.152. The number of hydrogen-bond donors (Lipinski definition) is 1. The van der Waals surface area contributed by atoms with Gasteiger partial charge in [0.15, 0.2) is 0 Å². The summed E-state index contributed by atoms with van der Waals surface area (Å²) in [6.07, 6.45) is 2.50. The normalized spacial score (nSPS) is 20.9. The number of likely N-dealkylation sites (tertiary alicyclic amines) is 1. The molecule has 6 nitrogen and oxygen atoms in total. The number of hydrogen-bond acceptors (Lipinski definition) is 4. The van der Waals surface area contributed by atoms with Gasteiger partial charge in [-0.15, -0.1) is 0 Å². The van der Waals surface area contributed by atoms with Gasteiger partial charge in [0, 0.05) is 43.8 Å². The van der Waals surface area contributed by atoms with Crippen molar-refractivity contribution in [2.24, 2.45) is 5.41 Å². The van der Waals surface area contributed by atoms with Crippen LogP contribution in [0, 0.1) is 19.3 Å². The van der Waals surface area contributed by atoms with Gasteiger partial charge in [0.25, 0.3) is 5.91 Å². The molecule has 6 heteroatoms. The van der Waals surface area contributed by atoms with Gasteiger partial charge < -0.3 is 14.7 Å². The highest BCUT2D eigenvalue weighted by atomic mass is 16.5. The Bertz CT molecular complexity index is 597. The molecule has 1 atom stereocenters. The van der Waals surface area contributed by atoms with Gasteiger partial charge in [0.2, 0.25) is 0 Å². The second kappa shape index (κ2) is 7.75. The molecule has 1 aliphatic heterocycles. The fourth-order valence-corrected chi connectivity index (χ4v) is 3.49. The minimum Gasteiger partial charge on any atom is -0.481 e. The molecule has 0 aliphatic carbocycles. The lowest BCUT2D eigenvalue weighted by Crippen LogP contribution is -2.50. The number of pyridine rings is 1. The van der Waals surface area contributed by atoms with Crippen LogP contribution in [0.3, 0.4) is 0 Å². The standard InChI is InChI=1S/C18H26N2O4/c1-13-10-15(11-14(2)19-13)16(21)20-8-4-6-18(12-20,17(22)23)7-5-9-24-3/h10-11H,4-9,12H2,1-3H3,(H,22,23)/t18-/m1/s1. The summed E-state index contributed by atoms with van der Waals surface area (Å²) in [7, 11) is 1.61. The highest BCUT2D eigenvalue weighted by Gasteiger charge is 2.43. The number of methoxy groups -OCH3 is 1. The van der Waals surface area contributed by atoms with Gasteiger partial charge in [-0.05, 0) is 51.7 Å². The van der Waals surface area contributed by atoms with Crippen LogP contribution < -0.4 is 0 Å². The van der Waals surface area contributed by atoms with Gasteiger partial charge >= 0.3 is 5.97 Å². The van der Waals surface area contributed by atoms with E-state index in [9.17, 15) is 14.7 Å². The fourth-order valence-electron chi connectivity index (χ4n) is 3.49.